The van der Waals surface area contributed by atoms with Gasteiger partial charge < -0.3 is 20.4 Å². The number of rotatable bonds is 10. The van der Waals surface area contributed by atoms with Gasteiger partial charge in [0.05, 0.1) is 33.3 Å². The normalized spacial score (nSPS) is 12.2. The second kappa shape index (κ2) is 21.3. The topological polar surface area (TPSA) is 327 Å². The molecule has 0 saturated heterocycles. The summed E-state index contributed by atoms with van der Waals surface area (Å²) in [6.45, 7) is 3.52. The third kappa shape index (κ3) is 11.4. The minimum Gasteiger partial charge on any atom is -0.872 e. The van der Waals surface area contributed by atoms with Gasteiger partial charge in [0.2, 0.25) is 0 Å². The molecule has 0 fully saturated rings. The molecule has 0 heterocycles. The Hall–Kier alpha value is -4.73. The zero-order valence-corrected chi connectivity index (χ0v) is 45.3. The fourth-order valence-corrected chi connectivity index (χ4v) is 9.10. The molecule has 0 aromatic heterocycles. The molecular formula is C44H29N6Na3O13S3. The molecule has 0 saturated carbocycles. The van der Waals surface area contributed by atoms with E-state index in [-0.39, 0.29) is 122 Å². The van der Waals surface area contributed by atoms with Crippen LogP contribution < -0.4 is 104 Å². The van der Waals surface area contributed by atoms with Crippen molar-refractivity contribution in [2.75, 3.05) is 0 Å². The van der Waals surface area contributed by atoms with Crippen LogP contribution in [0.5, 0.6) is 23.0 Å². The van der Waals surface area contributed by atoms with Crippen LogP contribution in [-0.4, -0.2) is 44.0 Å². The Morgan fingerprint density at radius 2 is 0.841 bits per heavy atom. The fraction of sp³-hybridized carbons (Fsp3) is 0.0455. The first-order valence-corrected chi connectivity index (χ1v) is 23.3. The van der Waals surface area contributed by atoms with E-state index in [1.54, 1.807) is 44.2 Å². The van der Waals surface area contributed by atoms with Gasteiger partial charge in [-0.05, 0) is 102 Å². The molecule has 0 radical (unpaired) electrons. The molecule has 0 bridgehead atoms. The van der Waals surface area contributed by atoms with Crippen LogP contribution in [0.1, 0.15) is 11.1 Å². The molecule has 4 N–H and O–H groups in total. The van der Waals surface area contributed by atoms with E-state index in [9.17, 15) is 59.3 Å². The molecule has 19 nitrogen and oxygen atoms in total. The van der Waals surface area contributed by atoms with Crippen molar-refractivity contribution in [2.24, 2.45) is 30.7 Å². The average molecular weight is 1010 g/mol. The molecule has 0 aliphatic carbocycles. The van der Waals surface area contributed by atoms with Crippen LogP contribution in [-0.2, 0) is 30.4 Å². The fourth-order valence-electron chi connectivity index (χ4n) is 7.17. The van der Waals surface area contributed by atoms with Crippen molar-refractivity contribution in [3.63, 3.8) is 0 Å². The molecule has 334 valence electrons. The number of azo groups is 3. The summed E-state index contributed by atoms with van der Waals surface area (Å²) in [6.07, 6.45) is 0. The first kappa shape index (κ1) is 55.2. The smallest absolute Gasteiger partial charge is 0.872 e. The number of fused-ring (bicyclic) bond motifs is 3. The molecule has 0 amide bonds. The first-order valence-electron chi connectivity index (χ1n) is 19.0. The molecule has 0 aliphatic heterocycles. The molecular weight excluding hydrogens is 986 g/mol. The summed E-state index contributed by atoms with van der Waals surface area (Å²) in [6, 6.07) is 25.7. The average Bonchev–Trinajstić information content (AvgIpc) is 3.24. The molecule has 0 aliphatic rings. The zero-order valence-electron chi connectivity index (χ0n) is 36.8. The zero-order chi connectivity index (χ0) is 47.5. The molecule has 8 rings (SSSR count). The third-order valence-corrected chi connectivity index (χ3v) is 13.0. The van der Waals surface area contributed by atoms with Gasteiger partial charge in [0.15, 0.2) is 0 Å². The van der Waals surface area contributed by atoms with Crippen LogP contribution in [0.15, 0.2) is 161 Å². The van der Waals surface area contributed by atoms with Gasteiger partial charge in [0.25, 0.3) is 30.4 Å². The summed E-state index contributed by atoms with van der Waals surface area (Å²) in [7, 11) is -14.5. The van der Waals surface area contributed by atoms with Crippen molar-refractivity contribution < 1.29 is 148 Å². The number of phenolic OH excluding ortho intramolecular Hbond substituents is 1. The predicted molar refractivity (Wildman–Crippen MR) is 235 cm³/mol. The van der Waals surface area contributed by atoms with Crippen LogP contribution in [0.3, 0.4) is 0 Å². The van der Waals surface area contributed by atoms with E-state index < -0.39 is 90.2 Å². The van der Waals surface area contributed by atoms with Crippen molar-refractivity contribution in [1.29, 1.82) is 0 Å². The van der Waals surface area contributed by atoms with E-state index in [1.807, 2.05) is 6.07 Å². The Bertz CT molecular complexity index is 3840. The molecule has 0 atom stereocenters. The van der Waals surface area contributed by atoms with Gasteiger partial charge >= 0.3 is 88.7 Å². The van der Waals surface area contributed by atoms with Crippen molar-refractivity contribution in [3.05, 3.63) is 126 Å². The summed E-state index contributed by atoms with van der Waals surface area (Å²) >= 11 is 0. The Morgan fingerprint density at radius 3 is 1.33 bits per heavy atom. The van der Waals surface area contributed by atoms with E-state index in [0.29, 0.717) is 22.5 Å². The maximum absolute atomic E-state index is 13.1. The van der Waals surface area contributed by atoms with Gasteiger partial charge in [-0.25, -0.2) is 0 Å². The largest absolute Gasteiger partial charge is 1.00 e. The second-order valence-corrected chi connectivity index (χ2v) is 18.9. The van der Waals surface area contributed by atoms with Crippen LogP contribution in [0.25, 0.3) is 43.4 Å². The van der Waals surface area contributed by atoms with Crippen LogP contribution in [0, 0.1) is 13.8 Å². The Balaban J connectivity index is 0.00000296. The summed E-state index contributed by atoms with van der Waals surface area (Å²) in [5.41, 5.74) is 2.81. The van der Waals surface area contributed by atoms with Crippen LogP contribution in [0.2, 0.25) is 0 Å². The van der Waals surface area contributed by atoms with Gasteiger partial charge in [-0.15, -0.1) is 21.1 Å². The summed E-state index contributed by atoms with van der Waals surface area (Å²) in [4.78, 5) is -1.88. The van der Waals surface area contributed by atoms with E-state index in [0.717, 1.165) is 47.5 Å². The molecule has 69 heavy (non-hydrogen) atoms. The standard InChI is InChI=1S/C44H32N6O13S3.3Na/c1-22-17-24(25-10-14-32(23(2)18-25)46-49-35-20-39(65(58,59)60)28-5-3-7-37(51)41(28)43(35)53)9-13-31(22)45-47-33-15-16-34(30-19-26(64(55,56)57)11-12-27(30)33)48-50-36-21-40(66(61,62)63)29-6-4-8-38(52)42(29)44(36)54;;;/h3-21,51-54H,1-2H3,(H,55,56,57)(H,58,59,60)(H,61,62,63);;;/q;3*+1/p-3. The minimum atomic E-state index is -4.91. The molecule has 8 aromatic rings. The van der Waals surface area contributed by atoms with Crippen molar-refractivity contribution in [1.82, 2.24) is 0 Å². The quantitative estimate of drug-likeness (QED) is 0.0818. The molecule has 8 aromatic carbocycles. The van der Waals surface area contributed by atoms with Gasteiger partial charge in [-0.3, -0.25) is 13.7 Å². The predicted octanol–water partition coefficient (Wildman–Crippen LogP) is 0.355. The first-order chi connectivity index (χ1) is 31.1. The van der Waals surface area contributed by atoms with Gasteiger partial charge in [0.1, 0.15) is 21.2 Å². The number of phenols is 1. The van der Waals surface area contributed by atoms with E-state index in [4.69, 9.17) is 0 Å². The summed E-state index contributed by atoms with van der Waals surface area (Å²) < 4.78 is 102. The third-order valence-electron chi connectivity index (χ3n) is 10.4. The maximum atomic E-state index is 13.1. The number of hydrogen-bond donors (Lipinski definition) is 4. The Morgan fingerprint density at radius 1 is 0.420 bits per heavy atom. The van der Waals surface area contributed by atoms with E-state index >= 15 is 0 Å². The number of benzene rings is 8. The Kier molecular flexibility index (Phi) is 17.1. The summed E-state index contributed by atoms with van der Waals surface area (Å²) in [5, 5.41) is 73.1. The van der Waals surface area contributed by atoms with Crippen LogP contribution in [0.4, 0.5) is 34.1 Å². The minimum absolute atomic E-state index is 0. The van der Waals surface area contributed by atoms with Crippen LogP contribution >= 0.6 is 0 Å². The summed E-state index contributed by atoms with van der Waals surface area (Å²) in [5.74, 6) is -3.08. The molecule has 0 spiro atoms. The molecule has 25 heteroatoms. The van der Waals surface area contributed by atoms with Gasteiger partial charge in [-0.1, -0.05) is 66.1 Å². The monoisotopic (exact) mass is 1010 g/mol. The van der Waals surface area contributed by atoms with Gasteiger partial charge in [0, 0.05) is 26.9 Å². The number of aromatic hydroxyl groups is 1. The van der Waals surface area contributed by atoms with Crippen molar-refractivity contribution >= 4 is 96.8 Å². The molecule has 0 unspecified atom stereocenters. The van der Waals surface area contributed by atoms with E-state index in [2.05, 4.69) is 30.7 Å². The van der Waals surface area contributed by atoms with Crippen molar-refractivity contribution in [2.45, 2.75) is 28.5 Å². The van der Waals surface area contributed by atoms with Gasteiger partial charge in [-0.2, -0.15) is 40.6 Å². The SMILES string of the molecule is Cc1cc(-c2ccc(N=Nc3ccc(N=Nc4cc(S(=O)(=O)O)c5cccc([O-])c5c4O)c4cc(S(=O)(=O)O)ccc34)c(C)c2)ccc1N=Nc1cc(S(=O)(=O)O)c2cccc([O-])c2c1[O-].[Na+].[Na+].[Na+]. The number of hydrogen-bond acceptors (Lipinski definition) is 16. The number of aryl methyl sites for hydroxylation is 2. The van der Waals surface area contributed by atoms with Crippen molar-refractivity contribution in [3.8, 4) is 34.1 Å². The van der Waals surface area contributed by atoms with E-state index in [1.165, 1.54) is 42.5 Å². The second-order valence-electron chi connectivity index (χ2n) is 14.7. The number of nitrogens with zero attached hydrogens (tertiary/aromatic N) is 6. The Labute approximate surface area is 459 Å². The maximum Gasteiger partial charge on any atom is 1.00 e.